The van der Waals surface area contributed by atoms with Crippen molar-refractivity contribution in [1.82, 2.24) is 4.98 Å². The van der Waals surface area contributed by atoms with E-state index in [1.165, 1.54) is 0 Å². The van der Waals surface area contributed by atoms with Gasteiger partial charge in [0.1, 0.15) is 5.15 Å². The SMILES string of the molecule is OC1C=CCCC1c1ccc(Cl)nc1. The fourth-order valence-electron chi connectivity index (χ4n) is 1.79. The highest BCUT2D eigenvalue weighted by atomic mass is 35.5. The number of hydrogen-bond donors (Lipinski definition) is 1. The molecule has 0 saturated heterocycles. The number of nitrogens with zero attached hydrogens (tertiary/aromatic N) is 1. The number of halogens is 1. The van der Waals surface area contributed by atoms with Crippen LogP contribution >= 0.6 is 11.6 Å². The van der Waals surface area contributed by atoms with Gasteiger partial charge in [0.25, 0.3) is 0 Å². The van der Waals surface area contributed by atoms with Gasteiger partial charge in [-0.25, -0.2) is 4.98 Å². The highest BCUT2D eigenvalue weighted by Gasteiger charge is 2.21. The topological polar surface area (TPSA) is 33.1 Å². The van der Waals surface area contributed by atoms with Gasteiger partial charge in [-0.3, -0.25) is 0 Å². The molecule has 0 spiro atoms. The van der Waals surface area contributed by atoms with Crippen molar-refractivity contribution in [3.63, 3.8) is 0 Å². The molecular weight excluding hydrogens is 198 g/mol. The van der Waals surface area contributed by atoms with Gasteiger partial charge in [-0.05, 0) is 24.5 Å². The van der Waals surface area contributed by atoms with E-state index in [4.69, 9.17) is 11.6 Å². The molecule has 3 heteroatoms. The first kappa shape index (κ1) is 9.69. The van der Waals surface area contributed by atoms with E-state index in [1.54, 1.807) is 12.3 Å². The third-order valence-corrected chi connectivity index (χ3v) is 2.79. The van der Waals surface area contributed by atoms with Crippen LogP contribution < -0.4 is 0 Å². The van der Waals surface area contributed by atoms with E-state index in [9.17, 15) is 5.11 Å². The van der Waals surface area contributed by atoms with Crippen molar-refractivity contribution in [2.75, 3.05) is 0 Å². The van der Waals surface area contributed by atoms with Crippen LogP contribution in [0.2, 0.25) is 5.15 Å². The second kappa shape index (κ2) is 4.11. The van der Waals surface area contributed by atoms with Crippen molar-refractivity contribution in [2.45, 2.75) is 24.9 Å². The van der Waals surface area contributed by atoms with Gasteiger partial charge in [-0.1, -0.05) is 29.8 Å². The number of aromatic nitrogens is 1. The summed E-state index contributed by atoms with van der Waals surface area (Å²) in [7, 11) is 0. The molecule has 0 radical (unpaired) electrons. The first-order valence-electron chi connectivity index (χ1n) is 4.73. The van der Waals surface area contributed by atoms with Crippen LogP contribution in [0.3, 0.4) is 0 Å². The zero-order chi connectivity index (χ0) is 9.97. The van der Waals surface area contributed by atoms with Gasteiger partial charge in [-0.15, -0.1) is 0 Å². The summed E-state index contributed by atoms with van der Waals surface area (Å²) in [6, 6.07) is 3.70. The van der Waals surface area contributed by atoms with Crippen LogP contribution in [0.25, 0.3) is 0 Å². The van der Waals surface area contributed by atoms with Crippen LogP contribution in [-0.2, 0) is 0 Å². The molecule has 1 aliphatic rings. The average molecular weight is 210 g/mol. The Hall–Kier alpha value is -0.860. The number of pyridine rings is 1. The number of rotatable bonds is 1. The third-order valence-electron chi connectivity index (χ3n) is 2.57. The predicted molar refractivity (Wildman–Crippen MR) is 56.4 cm³/mol. The van der Waals surface area contributed by atoms with E-state index in [0.717, 1.165) is 18.4 Å². The minimum atomic E-state index is -0.383. The Balaban J connectivity index is 2.22. The fourth-order valence-corrected chi connectivity index (χ4v) is 1.90. The Morgan fingerprint density at radius 3 is 2.93 bits per heavy atom. The molecular formula is C11H12ClNO. The molecule has 2 unspecified atom stereocenters. The Kier molecular flexibility index (Phi) is 2.85. The van der Waals surface area contributed by atoms with Crippen LogP contribution in [-0.4, -0.2) is 16.2 Å². The Bertz CT molecular complexity index is 334. The van der Waals surface area contributed by atoms with Crippen LogP contribution in [0.1, 0.15) is 24.3 Å². The van der Waals surface area contributed by atoms with Gasteiger partial charge in [-0.2, -0.15) is 0 Å². The van der Waals surface area contributed by atoms with Crippen LogP contribution in [0.4, 0.5) is 0 Å². The van der Waals surface area contributed by atoms with E-state index in [-0.39, 0.29) is 12.0 Å². The standard InChI is InChI=1S/C11H12ClNO/c12-11-6-5-8(7-13-11)9-3-1-2-4-10(9)14/h2,4-7,9-10,14H,1,3H2. The molecule has 2 atom stereocenters. The lowest BCUT2D eigenvalue weighted by Gasteiger charge is -2.23. The van der Waals surface area contributed by atoms with Gasteiger partial charge in [0, 0.05) is 12.1 Å². The molecule has 0 saturated carbocycles. The minimum absolute atomic E-state index is 0.171. The fraction of sp³-hybridized carbons (Fsp3) is 0.364. The predicted octanol–water partition coefficient (Wildman–Crippen LogP) is 2.53. The molecule has 0 aromatic carbocycles. The number of hydrogen-bond acceptors (Lipinski definition) is 2. The summed E-state index contributed by atoms with van der Waals surface area (Å²) in [6.45, 7) is 0. The van der Waals surface area contributed by atoms with E-state index in [2.05, 4.69) is 4.98 Å². The summed E-state index contributed by atoms with van der Waals surface area (Å²) in [4.78, 5) is 4.02. The minimum Gasteiger partial charge on any atom is -0.388 e. The smallest absolute Gasteiger partial charge is 0.129 e. The van der Waals surface area contributed by atoms with Crippen LogP contribution in [0, 0.1) is 0 Å². The summed E-state index contributed by atoms with van der Waals surface area (Å²) in [5, 5.41) is 10.2. The van der Waals surface area contributed by atoms with E-state index < -0.39 is 0 Å². The van der Waals surface area contributed by atoms with Crippen LogP contribution in [0.5, 0.6) is 0 Å². The molecule has 2 nitrogen and oxygen atoms in total. The lowest BCUT2D eigenvalue weighted by Crippen LogP contribution is -2.18. The number of aliphatic hydroxyl groups excluding tert-OH is 1. The molecule has 2 rings (SSSR count). The maximum atomic E-state index is 9.74. The van der Waals surface area contributed by atoms with Crippen molar-refractivity contribution in [3.8, 4) is 0 Å². The van der Waals surface area contributed by atoms with Crippen molar-refractivity contribution >= 4 is 11.6 Å². The van der Waals surface area contributed by atoms with Gasteiger partial charge < -0.3 is 5.11 Å². The largest absolute Gasteiger partial charge is 0.388 e. The first-order valence-corrected chi connectivity index (χ1v) is 5.11. The van der Waals surface area contributed by atoms with Crippen LogP contribution in [0.15, 0.2) is 30.5 Å². The van der Waals surface area contributed by atoms with Crippen molar-refractivity contribution in [1.29, 1.82) is 0 Å². The summed E-state index contributed by atoms with van der Waals surface area (Å²) < 4.78 is 0. The van der Waals surface area contributed by atoms with Gasteiger partial charge in [0.2, 0.25) is 0 Å². The summed E-state index contributed by atoms with van der Waals surface area (Å²) >= 11 is 5.70. The molecule has 1 aromatic heterocycles. The first-order chi connectivity index (χ1) is 6.77. The lowest BCUT2D eigenvalue weighted by molar-refractivity contribution is 0.179. The molecule has 0 aliphatic heterocycles. The number of allylic oxidation sites excluding steroid dienone is 1. The quantitative estimate of drug-likeness (QED) is 0.570. The Labute approximate surface area is 88.2 Å². The van der Waals surface area contributed by atoms with Crippen molar-refractivity contribution in [2.24, 2.45) is 0 Å². The zero-order valence-corrected chi connectivity index (χ0v) is 8.48. The number of aliphatic hydroxyl groups is 1. The van der Waals surface area contributed by atoms with E-state index in [0.29, 0.717) is 5.15 Å². The second-order valence-corrected chi connectivity index (χ2v) is 3.90. The van der Waals surface area contributed by atoms with Crippen molar-refractivity contribution < 1.29 is 5.11 Å². The van der Waals surface area contributed by atoms with E-state index >= 15 is 0 Å². The maximum Gasteiger partial charge on any atom is 0.129 e. The average Bonchev–Trinajstić information content (AvgIpc) is 2.20. The molecule has 1 N–H and O–H groups in total. The zero-order valence-electron chi connectivity index (χ0n) is 7.73. The Morgan fingerprint density at radius 1 is 1.43 bits per heavy atom. The summed E-state index contributed by atoms with van der Waals surface area (Å²) in [6.07, 6.45) is 7.22. The molecule has 1 aliphatic carbocycles. The monoisotopic (exact) mass is 209 g/mol. The molecule has 1 aromatic rings. The molecule has 1 heterocycles. The summed E-state index contributed by atoms with van der Waals surface area (Å²) in [5.74, 6) is 0.171. The molecule has 74 valence electrons. The Morgan fingerprint density at radius 2 is 2.29 bits per heavy atom. The van der Waals surface area contributed by atoms with Gasteiger partial charge in [0.15, 0.2) is 0 Å². The summed E-state index contributed by atoms with van der Waals surface area (Å²) in [5.41, 5.74) is 1.06. The molecule has 0 fully saturated rings. The third kappa shape index (κ3) is 1.97. The van der Waals surface area contributed by atoms with Gasteiger partial charge >= 0.3 is 0 Å². The highest BCUT2D eigenvalue weighted by molar-refractivity contribution is 6.29. The highest BCUT2D eigenvalue weighted by Crippen LogP contribution is 2.29. The van der Waals surface area contributed by atoms with E-state index in [1.807, 2.05) is 18.2 Å². The lowest BCUT2D eigenvalue weighted by atomic mass is 9.86. The maximum absolute atomic E-state index is 9.74. The second-order valence-electron chi connectivity index (χ2n) is 3.52. The normalized spacial score (nSPS) is 26.4. The van der Waals surface area contributed by atoms with Gasteiger partial charge in [0.05, 0.1) is 6.10 Å². The molecule has 0 amide bonds. The van der Waals surface area contributed by atoms with Crippen molar-refractivity contribution in [3.05, 3.63) is 41.2 Å². The molecule has 0 bridgehead atoms. The molecule has 14 heavy (non-hydrogen) atoms.